The Kier molecular flexibility index (Phi) is 4.11. The molecule has 2 rings (SSSR count). The van der Waals surface area contributed by atoms with Gasteiger partial charge in [-0.3, -0.25) is 4.79 Å². The lowest BCUT2D eigenvalue weighted by atomic mass is 10.0. The Hall–Kier alpha value is -0.960. The van der Waals surface area contributed by atoms with Gasteiger partial charge in [-0.25, -0.2) is 0 Å². The van der Waals surface area contributed by atoms with Crippen molar-refractivity contribution in [2.45, 2.75) is 20.3 Å². The van der Waals surface area contributed by atoms with Crippen LogP contribution in [0.2, 0.25) is 0 Å². The van der Waals surface area contributed by atoms with E-state index in [4.69, 9.17) is 0 Å². The van der Waals surface area contributed by atoms with Crippen LogP contribution in [-0.4, -0.2) is 35.4 Å². The molecule has 0 unspecified atom stereocenters. The number of benzene rings is 1. The molecule has 92 valence electrons. The second-order valence-electron chi connectivity index (χ2n) is 4.60. The Balaban J connectivity index is 2.04. The van der Waals surface area contributed by atoms with Gasteiger partial charge in [0.15, 0.2) is 0 Å². The molecule has 0 atom stereocenters. The minimum absolute atomic E-state index is 0.277. The SMILES string of the molecule is Cc1ccc(C)c(CC(=O)N2CCSCC2)c1. The lowest BCUT2D eigenvalue weighted by Crippen LogP contribution is -2.38. The molecule has 1 amide bonds. The number of hydrogen-bond acceptors (Lipinski definition) is 2. The van der Waals surface area contributed by atoms with Gasteiger partial charge in [0.1, 0.15) is 0 Å². The molecule has 0 saturated carbocycles. The molecule has 0 radical (unpaired) electrons. The first-order valence-corrected chi connectivity index (χ1v) is 7.24. The highest BCUT2D eigenvalue weighted by Crippen LogP contribution is 2.15. The topological polar surface area (TPSA) is 20.3 Å². The van der Waals surface area contributed by atoms with Crippen LogP contribution in [0.1, 0.15) is 16.7 Å². The average Bonchev–Trinajstić information content (AvgIpc) is 2.35. The summed E-state index contributed by atoms with van der Waals surface area (Å²) in [5.41, 5.74) is 3.62. The maximum atomic E-state index is 12.1. The van der Waals surface area contributed by atoms with E-state index in [1.807, 2.05) is 16.7 Å². The Morgan fingerprint density at radius 2 is 2.00 bits per heavy atom. The van der Waals surface area contributed by atoms with Crippen LogP contribution in [0.15, 0.2) is 18.2 Å². The van der Waals surface area contributed by atoms with E-state index in [1.165, 1.54) is 16.7 Å². The van der Waals surface area contributed by atoms with Gasteiger partial charge in [-0.15, -0.1) is 0 Å². The van der Waals surface area contributed by atoms with Crippen LogP contribution in [0.4, 0.5) is 0 Å². The van der Waals surface area contributed by atoms with E-state index in [1.54, 1.807) is 0 Å². The fourth-order valence-corrected chi connectivity index (χ4v) is 2.98. The largest absolute Gasteiger partial charge is 0.341 e. The van der Waals surface area contributed by atoms with Crippen LogP contribution in [0.3, 0.4) is 0 Å². The molecular formula is C14H19NOS. The Labute approximate surface area is 107 Å². The van der Waals surface area contributed by atoms with Crippen LogP contribution in [-0.2, 0) is 11.2 Å². The molecule has 2 nitrogen and oxygen atoms in total. The van der Waals surface area contributed by atoms with Crippen molar-refractivity contribution in [2.24, 2.45) is 0 Å². The second kappa shape index (κ2) is 5.58. The predicted molar refractivity (Wildman–Crippen MR) is 73.5 cm³/mol. The summed E-state index contributed by atoms with van der Waals surface area (Å²) in [4.78, 5) is 14.1. The zero-order valence-corrected chi connectivity index (χ0v) is 11.3. The summed E-state index contributed by atoms with van der Waals surface area (Å²) in [7, 11) is 0. The fourth-order valence-electron chi connectivity index (χ4n) is 2.08. The summed E-state index contributed by atoms with van der Waals surface area (Å²) in [5, 5.41) is 0. The lowest BCUT2D eigenvalue weighted by molar-refractivity contribution is -0.130. The number of hydrogen-bond donors (Lipinski definition) is 0. The van der Waals surface area contributed by atoms with Gasteiger partial charge in [-0.2, -0.15) is 11.8 Å². The van der Waals surface area contributed by atoms with Crippen molar-refractivity contribution in [1.82, 2.24) is 4.90 Å². The number of thioether (sulfide) groups is 1. The van der Waals surface area contributed by atoms with Gasteiger partial charge in [0, 0.05) is 24.6 Å². The Morgan fingerprint density at radius 1 is 1.29 bits per heavy atom. The first-order chi connectivity index (χ1) is 8.16. The van der Waals surface area contributed by atoms with E-state index < -0.39 is 0 Å². The Bertz CT molecular complexity index is 411. The highest BCUT2D eigenvalue weighted by atomic mass is 32.2. The standard InChI is InChI=1S/C14H19NOS/c1-11-3-4-12(2)13(9-11)10-14(16)15-5-7-17-8-6-15/h3-4,9H,5-8,10H2,1-2H3. The van der Waals surface area contributed by atoms with Crippen LogP contribution in [0.5, 0.6) is 0 Å². The molecule has 3 heteroatoms. The number of carbonyl (C=O) groups excluding carboxylic acids is 1. The van der Waals surface area contributed by atoms with E-state index in [9.17, 15) is 4.79 Å². The van der Waals surface area contributed by atoms with Gasteiger partial charge in [0.05, 0.1) is 6.42 Å². The predicted octanol–water partition coefficient (Wildman–Crippen LogP) is 2.42. The van der Waals surface area contributed by atoms with Crippen LogP contribution < -0.4 is 0 Å². The molecule has 1 aliphatic rings. The number of carbonyl (C=O) groups is 1. The molecule has 1 saturated heterocycles. The third kappa shape index (κ3) is 3.25. The lowest BCUT2D eigenvalue weighted by Gasteiger charge is -2.26. The number of amides is 1. The van der Waals surface area contributed by atoms with Crippen molar-refractivity contribution in [3.05, 3.63) is 34.9 Å². The first kappa shape index (κ1) is 12.5. The molecule has 0 aliphatic carbocycles. The molecule has 1 aliphatic heterocycles. The first-order valence-electron chi connectivity index (χ1n) is 6.08. The van der Waals surface area contributed by atoms with Gasteiger partial charge < -0.3 is 4.90 Å². The maximum Gasteiger partial charge on any atom is 0.227 e. The molecule has 0 bridgehead atoms. The maximum absolute atomic E-state index is 12.1. The van der Waals surface area contributed by atoms with E-state index in [0.717, 1.165) is 24.6 Å². The highest BCUT2D eigenvalue weighted by Gasteiger charge is 2.17. The summed E-state index contributed by atoms with van der Waals surface area (Å²) >= 11 is 1.93. The summed E-state index contributed by atoms with van der Waals surface area (Å²) in [5.74, 6) is 2.44. The smallest absolute Gasteiger partial charge is 0.227 e. The van der Waals surface area contributed by atoms with Crippen molar-refractivity contribution in [3.63, 3.8) is 0 Å². The van der Waals surface area contributed by atoms with E-state index in [0.29, 0.717) is 6.42 Å². The third-order valence-corrected chi connectivity index (χ3v) is 4.15. The van der Waals surface area contributed by atoms with Crippen molar-refractivity contribution in [2.75, 3.05) is 24.6 Å². The molecular weight excluding hydrogens is 230 g/mol. The fraction of sp³-hybridized carbons (Fsp3) is 0.500. The zero-order valence-electron chi connectivity index (χ0n) is 10.5. The van der Waals surface area contributed by atoms with Crippen molar-refractivity contribution < 1.29 is 4.79 Å². The average molecular weight is 249 g/mol. The number of rotatable bonds is 2. The normalized spacial score (nSPS) is 16.0. The number of nitrogens with zero attached hydrogens (tertiary/aromatic N) is 1. The van der Waals surface area contributed by atoms with Gasteiger partial charge in [0.2, 0.25) is 5.91 Å². The minimum atomic E-state index is 0.277. The van der Waals surface area contributed by atoms with Gasteiger partial charge in [-0.1, -0.05) is 23.8 Å². The number of aryl methyl sites for hydroxylation is 2. The van der Waals surface area contributed by atoms with Gasteiger partial charge in [-0.05, 0) is 25.0 Å². The zero-order chi connectivity index (χ0) is 12.3. The molecule has 1 aromatic carbocycles. The Morgan fingerprint density at radius 3 is 2.71 bits per heavy atom. The summed E-state index contributed by atoms with van der Waals surface area (Å²) in [6.45, 7) is 5.97. The minimum Gasteiger partial charge on any atom is -0.341 e. The highest BCUT2D eigenvalue weighted by molar-refractivity contribution is 7.99. The summed E-state index contributed by atoms with van der Waals surface area (Å²) < 4.78 is 0. The monoisotopic (exact) mass is 249 g/mol. The van der Waals surface area contributed by atoms with Crippen LogP contribution >= 0.6 is 11.8 Å². The van der Waals surface area contributed by atoms with E-state index >= 15 is 0 Å². The quantitative estimate of drug-likeness (QED) is 0.802. The van der Waals surface area contributed by atoms with Crippen LogP contribution in [0, 0.1) is 13.8 Å². The molecule has 1 fully saturated rings. The molecule has 0 aromatic heterocycles. The van der Waals surface area contributed by atoms with Gasteiger partial charge >= 0.3 is 0 Å². The molecule has 0 spiro atoms. The molecule has 17 heavy (non-hydrogen) atoms. The van der Waals surface area contributed by atoms with Crippen molar-refractivity contribution in [3.8, 4) is 0 Å². The summed E-state index contributed by atoms with van der Waals surface area (Å²) in [6.07, 6.45) is 0.554. The third-order valence-electron chi connectivity index (χ3n) is 3.21. The van der Waals surface area contributed by atoms with E-state index in [-0.39, 0.29) is 5.91 Å². The second-order valence-corrected chi connectivity index (χ2v) is 5.82. The summed E-state index contributed by atoms with van der Waals surface area (Å²) in [6, 6.07) is 6.33. The molecule has 1 heterocycles. The van der Waals surface area contributed by atoms with Crippen molar-refractivity contribution >= 4 is 17.7 Å². The molecule has 1 aromatic rings. The van der Waals surface area contributed by atoms with Crippen molar-refractivity contribution in [1.29, 1.82) is 0 Å². The molecule has 0 N–H and O–H groups in total. The van der Waals surface area contributed by atoms with E-state index in [2.05, 4.69) is 32.0 Å². The van der Waals surface area contributed by atoms with Crippen LogP contribution in [0.25, 0.3) is 0 Å². The van der Waals surface area contributed by atoms with Gasteiger partial charge in [0.25, 0.3) is 0 Å².